The van der Waals surface area contributed by atoms with Crippen LogP contribution >= 0.6 is 22.6 Å². The lowest BCUT2D eigenvalue weighted by Crippen LogP contribution is -2.55. The van der Waals surface area contributed by atoms with Gasteiger partial charge in [-0.2, -0.15) is 0 Å². The quantitative estimate of drug-likeness (QED) is 0.214. The van der Waals surface area contributed by atoms with Crippen molar-refractivity contribution in [3.8, 4) is 11.5 Å². The molecule has 0 bridgehead atoms. The zero-order valence-corrected chi connectivity index (χ0v) is 26.7. The van der Waals surface area contributed by atoms with Gasteiger partial charge in [-0.15, -0.1) is 5.54 Å². The third-order valence-corrected chi connectivity index (χ3v) is 17.9. The van der Waals surface area contributed by atoms with Gasteiger partial charge in [0.15, 0.2) is 16.6 Å². The number of halogens is 1. The normalized spacial score (nSPS) is 24.9. The summed E-state index contributed by atoms with van der Waals surface area (Å²) in [6, 6.07) is 0. The summed E-state index contributed by atoms with van der Waals surface area (Å²) < 4.78 is 14.7. The molecule has 7 heteroatoms. The van der Waals surface area contributed by atoms with Crippen LogP contribution in [0.25, 0.3) is 0 Å². The van der Waals surface area contributed by atoms with Gasteiger partial charge in [0.05, 0.1) is 6.10 Å². The van der Waals surface area contributed by atoms with Crippen molar-refractivity contribution < 1.29 is 14.0 Å². The topological polar surface area (TPSA) is 38.7 Å². The van der Waals surface area contributed by atoms with Crippen LogP contribution in [-0.2, 0) is 8.85 Å². The molecule has 3 atom stereocenters. The fourth-order valence-corrected chi connectivity index (χ4v) is 7.38. The Morgan fingerprint density at radius 3 is 1.87 bits per heavy atom. The van der Waals surface area contributed by atoms with Gasteiger partial charge in [-0.05, 0) is 64.9 Å². The Hall–Kier alpha value is 0.561. The Morgan fingerprint density at radius 2 is 1.47 bits per heavy atom. The van der Waals surface area contributed by atoms with Gasteiger partial charge in [0, 0.05) is 10.0 Å². The SMILES string of the molecule is CC(C)(C)[Si](C)(C)O[C@@H]1C=C(I)[C@@](O[Si](C)(C)C(C)(C)C)([C@@H](O)C#C[Si](C)(C)C)C1. The molecule has 0 spiro atoms. The van der Waals surface area contributed by atoms with Crippen LogP contribution < -0.4 is 0 Å². The minimum absolute atomic E-state index is 0.0429. The zero-order chi connectivity index (χ0) is 24.0. The van der Waals surface area contributed by atoms with Crippen molar-refractivity contribution in [2.24, 2.45) is 0 Å². The van der Waals surface area contributed by atoms with Crippen LogP contribution in [0.1, 0.15) is 48.0 Å². The van der Waals surface area contributed by atoms with Gasteiger partial charge in [0.1, 0.15) is 19.8 Å². The van der Waals surface area contributed by atoms with Crippen molar-refractivity contribution in [1.29, 1.82) is 0 Å². The van der Waals surface area contributed by atoms with E-state index in [9.17, 15) is 5.11 Å². The van der Waals surface area contributed by atoms with Gasteiger partial charge in [-0.1, -0.05) is 67.1 Å². The van der Waals surface area contributed by atoms with Crippen LogP contribution in [-0.4, -0.2) is 47.6 Å². The molecule has 0 fully saturated rings. The highest BCUT2D eigenvalue weighted by molar-refractivity contribution is 14.1. The molecule has 0 aromatic rings. The van der Waals surface area contributed by atoms with E-state index in [1.54, 1.807) is 0 Å². The van der Waals surface area contributed by atoms with E-state index in [4.69, 9.17) is 8.85 Å². The first-order valence-corrected chi connectivity index (χ1v) is 21.4. The molecule has 0 aromatic carbocycles. The Bertz CT molecular complexity index is 715. The molecule has 0 saturated carbocycles. The fourth-order valence-electron chi connectivity index (χ4n) is 2.79. The Balaban J connectivity index is 3.39. The molecule has 0 radical (unpaired) electrons. The molecular weight excluding hydrogens is 535 g/mol. The zero-order valence-electron chi connectivity index (χ0n) is 21.6. The average Bonchev–Trinajstić information content (AvgIpc) is 2.77. The Labute approximate surface area is 203 Å². The van der Waals surface area contributed by atoms with E-state index in [0.717, 1.165) is 3.58 Å². The van der Waals surface area contributed by atoms with Crippen molar-refractivity contribution in [2.75, 3.05) is 0 Å². The number of hydrogen-bond acceptors (Lipinski definition) is 3. The lowest BCUT2D eigenvalue weighted by Gasteiger charge is -2.46. The number of aliphatic hydroxyl groups is 1. The van der Waals surface area contributed by atoms with E-state index >= 15 is 0 Å². The molecular formula is C23H45IO3Si3. The van der Waals surface area contributed by atoms with Crippen molar-refractivity contribution in [2.45, 2.75) is 122 Å². The molecule has 1 N–H and O–H groups in total. The van der Waals surface area contributed by atoms with E-state index in [1.165, 1.54) is 0 Å². The molecule has 1 aliphatic rings. The summed E-state index contributed by atoms with van der Waals surface area (Å²) in [5, 5.41) is 11.6. The molecule has 1 rings (SSSR count). The molecule has 0 unspecified atom stereocenters. The van der Waals surface area contributed by atoms with Crippen molar-refractivity contribution >= 4 is 47.3 Å². The summed E-state index contributed by atoms with van der Waals surface area (Å²) in [6.07, 6.45) is 1.90. The van der Waals surface area contributed by atoms with E-state index in [2.05, 4.69) is 128 Å². The third-order valence-electron chi connectivity index (χ3n) is 6.76. The highest BCUT2D eigenvalue weighted by Crippen LogP contribution is 2.49. The van der Waals surface area contributed by atoms with Crippen LogP contribution in [0.2, 0.25) is 55.9 Å². The smallest absolute Gasteiger partial charge is 0.193 e. The predicted molar refractivity (Wildman–Crippen MR) is 147 cm³/mol. The maximum Gasteiger partial charge on any atom is 0.193 e. The van der Waals surface area contributed by atoms with Crippen LogP contribution in [0.15, 0.2) is 9.66 Å². The Kier molecular flexibility index (Phi) is 8.64. The molecule has 174 valence electrons. The predicted octanol–water partition coefficient (Wildman–Crippen LogP) is 7.10. The largest absolute Gasteiger partial charge is 0.410 e. The summed E-state index contributed by atoms with van der Waals surface area (Å²) in [5.74, 6) is 3.20. The van der Waals surface area contributed by atoms with Crippen molar-refractivity contribution in [3.05, 3.63) is 9.66 Å². The van der Waals surface area contributed by atoms with Crippen molar-refractivity contribution in [1.82, 2.24) is 0 Å². The first kappa shape index (κ1) is 28.6. The second-order valence-corrected chi connectivity index (χ2v) is 28.2. The summed E-state index contributed by atoms with van der Waals surface area (Å²) in [5.41, 5.74) is 2.56. The van der Waals surface area contributed by atoms with E-state index in [0.29, 0.717) is 6.42 Å². The van der Waals surface area contributed by atoms with Crippen LogP contribution in [0.5, 0.6) is 0 Å². The van der Waals surface area contributed by atoms with Gasteiger partial charge >= 0.3 is 0 Å². The molecule has 0 amide bonds. The maximum atomic E-state index is 11.4. The number of hydrogen-bond donors (Lipinski definition) is 1. The highest BCUT2D eigenvalue weighted by Gasteiger charge is 2.54. The number of rotatable bonds is 5. The highest BCUT2D eigenvalue weighted by atomic mass is 127. The Morgan fingerprint density at radius 1 is 1.00 bits per heavy atom. The van der Waals surface area contributed by atoms with Gasteiger partial charge in [-0.25, -0.2) is 0 Å². The lowest BCUT2D eigenvalue weighted by molar-refractivity contribution is -0.0140. The van der Waals surface area contributed by atoms with Crippen LogP contribution in [0.4, 0.5) is 0 Å². The molecule has 3 nitrogen and oxygen atoms in total. The summed E-state index contributed by atoms with van der Waals surface area (Å²) in [6.45, 7) is 29.2. The van der Waals surface area contributed by atoms with Gasteiger partial charge < -0.3 is 14.0 Å². The van der Waals surface area contributed by atoms with Crippen LogP contribution in [0.3, 0.4) is 0 Å². The molecule has 1 aliphatic carbocycles. The summed E-state index contributed by atoms with van der Waals surface area (Å²) in [4.78, 5) is 0. The summed E-state index contributed by atoms with van der Waals surface area (Å²) >= 11 is 2.36. The van der Waals surface area contributed by atoms with Crippen LogP contribution in [0, 0.1) is 11.5 Å². The molecule has 0 heterocycles. The van der Waals surface area contributed by atoms with Crippen molar-refractivity contribution in [3.63, 3.8) is 0 Å². The monoisotopic (exact) mass is 580 g/mol. The maximum absolute atomic E-state index is 11.4. The molecule has 30 heavy (non-hydrogen) atoms. The third kappa shape index (κ3) is 6.78. The second kappa shape index (κ2) is 9.07. The van der Waals surface area contributed by atoms with Gasteiger partial charge in [0.2, 0.25) is 0 Å². The minimum atomic E-state index is -2.15. The molecule has 0 aliphatic heterocycles. The van der Waals surface area contributed by atoms with Gasteiger partial charge in [0.25, 0.3) is 0 Å². The van der Waals surface area contributed by atoms with E-state index in [1.807, 2.05) is 0 Å². The fraction of sp³-hybridized carbons (Fsp3) is 0.826. The van der Waals surface area contributed by atoms with Gasteiger partial charge in [-0.3, -0.25) is 0 Å². The minimum Gasteiger partial charge on any atom is -0.410 e. The lowest BCUT2D eigenvalue weighted by atomic mass is 9.96. The second-order valence-electron chi connectivity index (χ2n) is 12.8. The summed E-state index contributed by atoms with van der Waals surface area (Å²) in [7, 11) is -5.71. The van der Waals surface area contributed by atoms with E-state index < -0.39 is 36.4 Å². The molecule has 0 aromatic heterocycles. The average molecular weight is 581 g/mol. The molecule has 0 saturated heterocycles. The standard InChI is InChI=1S/C23H45IO3Si3/c1-21(2,3)29(10,11)26-18-16-19(24)23(17-18,20(25)14-15-28(7,8)9)27-30(12,13)22(4,5)6/h16,18,20,25H,17H2,1-13H3/t18-,20+,23-/m1/s1. The first-order chi connectivity index (χ1) is 13.0. The number of aliphatic hydroxyl groups excluding tert-OH is 1. The first-order valence-electron chi connectivity index (χ1n) is 11.0. The van der Waals surface area contributed by atoms with E-state index in [-0.39, 0.29) is 16.2 Å².